The molecule has 4 heteroatoms. The van der Waals surface area contributed by atoms with E-state index in [2.05, 4.69) is 6.58 Å². The minimum atomic E-state index is -0.765. The Bertz CT molecular complexity index is 467. The summed E-state index contributed by atoms with van der Waals surface area (Å²) in [5, 5.41) is 0. The lowest BCUT2D eigenvalue weighted by Gasteiger charge is -2.16. The monoisotopic (exact) mass is 276 g/mol. The molecule has 1 heterocycles. The molecule has 1 saturated heterocycles. The molecule has 2 atom stereocenters. The van der Waals surface area contributed by atoms with Crippen molar-refractivity contribution in [2.24, 2.45) is 0 Å². The van der Waals surface area contributed by atoms with Crippen LogP contribution < -0.4 is 0 Å². The van der Waals surface area contributed by atoms with Crippen LogP contribution in [0, 0.1) is 0 Å². The Morgan fingerprint density at radius 1 is 1.35 bits per heavy atom. The van der Waals surface area contributed by atoms with Crippen molar-refractivity contribution in [1.29, 1.82) is 0 Å². The van der Waals surface area contributed by atoms with Crippen LogP contribution in [-0.2, 0) is 25.6 Å². The van der Waals surface area contributed by atoms with Crippen LogP contribution in [0.2, 0.25) is 0 Å². The third kappa shape index (κ3) is 3.76. The minimum absolute atomic E-state index is 0.00331. The van der Waals surface area contributed by atoms with Crippen molar-refractivity contribution in [1.82, 2.24) is 0 Å². The third-order valence-corrected chi connectivity index (χ3v) is 3.03. The fourth-order valence-electron chi connectivity index (χ4n) is 2.14. The van der Waals surface area contributed by atoms with Crippen LogP contribution in [0.1, 0.15) is 19.4 Å². The Morgan fingerprint density at radius 3 is 2.70 bits per heavy atom. The molecule has 4 nitrogen and oxygen atoms in total. The number of ether oxygens (including phenoxy) is 3. The second-order valence-electron chi connectivity index (χ2n) is 5.20. The van der Waals surface area contributed by atoms with Crippen molar-refractivity contribution >= 4 is 5.78 Å². The Hall–Kier alpha value is -1.49. The van der Waals surface area contributed by atoms with Crippen LogP contribution in [0.5, 0.6) is 0 Å². The molecule has 1 aliphatic rings. The standard InChI is InChI=1S/C16H20O4/c1-4-14-15(20-16(2,3)19-14)13(17)11-18-10-12-8-6-5-7-9-12/h4-9,14-15H,1,10-11H2,2-3H3/t14-,15+/m0/s1. The highest BCUT2D eigenvalue weighted by Gasteiger charge is 2.43. The Labute approximate surface area is 119 Å². The van der Waals surface area contributed by atoms with E-state index in [0.29, 0.717) is 6.61 Å². The SMILES string of the molecule is C=C[C@@H]1OC(C)(C)O[C@@H]1C(=O)COCc1ccccc1. The number of ketones is 1. The van der Waals surface area contributed by atoms with Crippen LogP contribution in [0.25, 0.3) is 0 Å². The Balaban J connectivity index is 1.84. The normalized spacial score (nSPS) is 24.5. The molecule has 0 N–H and O–H groups in total. The summed E-state index contributed by atoms with van der Waals surface area (Å²) >= 11 is 0. The van der Waals surface area contributed by atoms with Gasteiger partial charge in [0.15, 0.2) is 17.7 Å². The van der Waals surface area contributed by atoms with E-state index in [4.69, 9.17) is 14.2 Å². The molecule has 2 rings (SSSR count). The van der Waals surface area contributed by atoms with E-state index < -0.39 is 18.0 Å². The summed E-state index contributed by atoms with van der Waals surface area (Å²) in [5.74, 6) is -0.894. The van der Waals surface area contributed by atoms with Crippen molar-refractivity contribution in [3.05, 3.63) is 48.6 Å². The van der Waals surface area contributed by atoms with E-state index >= 15 is 0 Å². The predicted octanol–water partition coefficient (Wildman–Crippen LogP) is 2.48. The average molecular weight is 276 g/mol. The molecule has 1 aliphatic heterocycles. The molecule has 1 aromatic carbocycles. The van der Waals surface area contributed by atoms with E-state index in [0.717, 1.165) is 5.56 Å². The summed E-state index contributed by atoms with van der Waals surface area (Å²) < 4.78 is 16.6. The molecule has 0 bridgehead atoms. The zero-order valence-corrected chi connectivity index (χ0v) is 11.9. The van der Waals surface area contributed by atoms with Gasteiger partial charge in [-0.1, -0.05) is 36.4 Å². The molecular formula is C16H20O4. The van der Waals surface area contributed by atoms with Gasteiger partial charge in [-0.25, -0.2) is 0 Å². The summed E-state index contributed by atoms with van der Waals surface area (Å²) in [6.07, 6.45) is 0.533. The maximum absolute atomic E-state index is 12.1. The molecule has 0 radical (unpaired) electrons. The average Bonchev–Trinajstić information content (AvgIpc) is 2.75. The van der Waals surface area contributed by atoms with Gasteiger partial charge in [-0.15, -0.1) is 6.58 Å². The van der Waals surface area contributed by atoms with Gasteiger partial charge in [0.2, 0.25) is 0 Å². The quantitative estimate of drug-likeness (QED) is 0.749. The van der Waals surface area contributed by atoms with Gasteiger partial charge in [0, 0.05) is 0 Å². The van der Waals surface area contributed by atoms with Gasteiger partial charge in [-0.3, -0.25) is 4.79 Å². The molecule has 20 heavy (non-hydrogen) atoms. The zero-order chi connectivity index (χ0) is 14.6. The fourth-order valence-corrected chi connectivity index (χ4v) is 2.14. The van der Waals surface area contributed by atoms with Gasteiger partial charge in [0.1, 0.15) is 12.7 Å². The lowest BCUT2D eigenvalue weighted by molar-refractivity contribution is -0.156. The van der Waals surface area contributed by atoms with Crippen LogP contribution in [0.4, 0.5) is 0 Å². The van der Waals surface area contributed by atoms with Gasteiger partial charge < -0.3 is 14.2 Å². The van der Waals surface area contributed by atoms with Crippen molar-refractivity contribution < 1.29 is 19.0 Å². The molecule has 0 spiro atoms. The van der Waals surface area contributed by atoms with Crippen LogP contribution in [0.15, 0.2) is 43.0 Å². The highest BCUT2D eigenvalue weighted by molar-refractivity contribution is 5.85. The molecule has 108 valence electrons. The smallest absolute Gasteiger partial charge is 0.190 e. The van der Waals surface area contributed by atoms with Crippen molar-refractivity contribution in [3.63, 3.8) is 0 Å². The summed E-state index contributed by atoms with van der Waals surface area (Å²) in [6.45, 7) is 7.64. The van der Waals surface area contributed by atoms with Crippen LogP contribution in [-0.4, -0.2) is 30.4 Å². The first-order valence-corrected chi connectivity index (χ1v) is 6.64. The van der Waals surface area contributed by atoms with Crippen LogP contribution in [0.3, 0.4) is 0 Å². The number of hydrogen-bond donors (Lipinski definition) is 0. The molecule has 0 amide bonds. The number of Topliss-reactive ketones (excluding diaryl/α,β-unsaturated/α-hetero) is 1. The van der Waals surface area contributed by atoms with Gasteiger partial charge in [0.25, 0.3) is 0 Å². The first-order chi connectivity index (χ1) is 9.52. The highest BCUT2D eigenvalue weighted by atomic mass is 16.8. The lowest BCUT2D eigenvalue weighted by atomic mass is 10.1. The molecule has 0 aromatic heterocycles. The van der Waals surface area contributed by atoms with E-state index in [1.165, 1.54) is 0 Å². The van der Waals surface area contributed by atoms with E-state index in [1.54, 1.807) is 19.9 Å². The fraction of sp³-hybridized carbons (Fsp3) is 0.438. The molecule has 0 unspecified atom stereocenters. The molecule has 0 aliphatic carbocycles. The first-order valence-electron chi connectivity index (χ1n) is 6.64. The molecular weight excluding hydrogens is 256 g/mol. The number of rotatable bonds is 6. The lowest BCUT2D eigenvalue weighted by Crippen LogP contribution is -2.33. The van der Waals surface area contributed by atoms with Crippen LogP contribution >= 0.6 is 0 Å². The van der Waals surface area contributed by atoms with Gasteiger partial charge in [-0.2, -0.15) is 0 Å². The molecule has 0 saturated carbocycles. The van der Waals surface area contributed by atoms with E-state index in [1.807, 2.05) is 30.3 Å². The summed E-state index contributed by atoms with van der Waals surface area (Å²) in [7, 11) is 0. The highest BCUT2D eigenvalue weighted by Crippen LogP contribution is 2.29. The maximum atomic E-state index is 12.1. The number of hydrogen-bond acceptors (Lipinski definition) is 4. The number of carbonyl (C=O) groups excluding carboxylic acids is 1. The second kappa shape index (κ2) is 6.31. The van der Waals surface area contributed by atoms with Gasteiger partial charge in [-0.05, 0) is 19.4 Å². The molecule has 1 aromatic rings. The number of benzene rings is 1. The van der Waals surface area contributed by atoms with Crippen molar-refractivity contribution in [2.45, 2.75) is 38.4 Å². The maximum Gasteiger partial charge on any atom is 0.190 e. The van der Waals surface area contributed by atoms with Gasteiger partial charge >= 0.3 is 0 Å². The van der Waals surface area contributed by atoms with E-state index in [9.17, 15) is 4.79 Å². The third-order valence-electron chi connectivity index (χ3n) is 3.03. The van der Waals surface area contributed by atoms with Crippen molar-refractivity contribution in [3.8, 4) is 0 Å². The van der Waals surface area contributed by atoms with Gasteiger partial charge in [0.05, 0.1) is 6.61 Å². The Kier molecular flexibility index (Phi) is 4.70. The Morgan fingerprint density at radius 2 is 2.05 bits per heavy atom. The topological polar surface area (TPSA) is 44.8 Å². The molecule has 1 fully saturated rings. The number of carbonyl (C=O) groups is 1. The predicted molar refractivity (Wildman–Crippen MR) is 75.1 cm³/mol. The largest absolute Gasteiger partial charge is 0.369 e. The summed E-state index contributed by atoms with van der Waals surface area (Å²) in [4.78, 5) is 12.1. The zero-order valence-electron chi connectivity index (χ0n) is 11.9. The van der Waals surface area contributed by atoms with E-state index in [-0.39, 0.29) is 12.4 Å². The first kappa shape index (κ1) is 14.9. The summed E-state index contributed by atoms with van der Waals surface area (Å²) in [6, 6.07) is 9.72. The van der Waals surface area contributed by atoms with Crippen molar-refractivity contribution in [2.75, 3.05) is 6.61 Å². The minimum Gasteiger partial charge on any atom is -0.369 e. The summed E-state index contributed by atoms with van der Waals surface area (Å²) in [5.41, 5.74) is 1.03. The second-order valence-corrected chi connectivity index (χ2v) is 5.20.